The summed E-state index contributed by atoms with van der Waals surface area (Å²) in [7, 11) is 0. The number of carbonyl (C=O) groups excluding carboxylic acids is 1. The number of aromatic amines is 1. The van der Waals surface area contributed by atoms with Crippen LogP contribution in [0.2, 0.25) is 0 Å². The Bertz CT molecular complexity index is 642. The molecule has 0 aromatic carbocycles. The van der Waals surface area contributed by atoms with Gasteiger partial charge in [-0.3, -0.25) is 9.89 Å². The highest BCUT2D eigenvalue weighted by atomic mass is 32.1. The molecule has 0 spiro atoms. The summed E-state index contributed by atoms with van der Waals surface area (Å²) in [5.41, 5.74) is 0.348. The predicted molar refractivity (Wildman–Crippen MR) is 66.4 cm³/mol. The van der Waals surface area contributed by atoms with E-state index in [0.717, 1.165) is 0 Å². The van der Waals surface area contributed by atoms with E-state index >= 15 is 0 Å². The number of H-pyrrole nitrogens is 1. The number of nitrogens with zero attached hydrogens (tertiary/aromatic N) is 2. The van der Waals surface area contributed by atoms with Gasteiger partial charge in [0.15, 0.2) is 10.8 Å². The monoisotopic (exact) mass is 260 g/mol. The first-order valence-corrected chi connectivity index (χ1v) is 6.01. The minimum atomic E-state index is -0.284. The summed E-state index contributed by atoms with van der Waals surface area (Å²) in [6.07, 6.45) is 3.13. The quantitative estimate of drug-likeness (QED) is 0.757. The normalized spacial score (nSPS) is 10.4. The van der Waals surface area contributed by atoms with Crippen LogP contribution in [0.4, 0.5) is 5.82 Å². The number of hydrogen-bond acceptors (Lipinski definition) is 5. The van der Waals surface area contributed by atoms with Gasteiger partial charge in [-0.25, -0.2) is 4.98 Å². The highest BCUT2D eigenvalue weighted by Gasteiger charge is 2.13. The van der Waals surface area contributed by atoms with Crippen LogP contribution in [-0.2, 0) is 0 Å². The molecule has 0 fully saturated rings. The van der Waals surface area contributed by atoms with Crippen molar-refractivity contribution in [2.75, 3.05) is 5.32 Å². The number of carbonyl (C=O) groups is 1. The third kappa shape index (κ3) is 2.03. The van der Waals surface area contributed by atoms with Crippen LogP contribution >= 0.6 is 11.3 Å². The van der Waals surface area contributed by atoms with Crippen molar-refractivity contribution in [2.24, 2.45) is 0 Å². The van der Waals surface area contributed by atoms with E-state index in [-0.39, 0.29) is 5.91 Å². The predicted octanol–water partition coefficient (Wildman–Crippen LogP) is 2.38. The summed E-state index contributed by atoms with van der Waals surface area (Å²) in [5.74, 6) is 0.904. The van der Waals surface area contributed by atoms with Gasteiger partial charge in [-0.15, -0.1) is 11.3 Å². The van der Waals surface area contributed by atoms with Crippen LogP contribution in [0.3, 0.4) is 0 Å². The number of nitrogens with one attached hydrogen (secondary N) is 2. The van der Waals surface area contributed by atoms with Crippen molar-refractivity contribution in [1.82, 2.24) is 15.2 Å². The Balaban J connectivity index is 1.79. The van der Waals surface area contributed by atoms with E-state index in [9.17, 15) is 4.79 Å². The minimum absolute atomic E-state index is 0.284. The fraction of sp³-hybridized carbons (Fsp3) is 0. The standard InChI is InChI=1S/C11H8N4O2S/c16-10(14-9-3-4-12-15-9)7-6-18-11(13-7)8-2-1-5-17-8/h1-6H,(H2,12,14,15,16). The van der Waals surface area contributed by atoms with Crippen LogP contribution < -0.4 is 5.32 Å². The van der Waals surface area contributed by atoms with E-state index in [2.05, 4.69) is 20.5 Å². The summed E-state index contributed by atoms with van der Waals surface area (Å²) in [4.78, 5) is 16.1. The molecule has 90 valence electrons. The first-order valence-electron chi connectivity index (χ1n) is 5.13. The van der Waals surface area contributed by atoms with Crippen molar-refractivity contribution in [3.8, 4) is 10.8 Å². The van der Waals surface area contributed by atoms with Crippen LogP contribution in [0.25, 0.3) is 10.8 Å². The zero-order valence-corrected chi connectivity index (χ0v) is 9.90. The van der Waals surface area contributed by atoms with Crippen LogP contribution in [0.5, 0.6) is 0 Å². The van der Waals surface area contributed by atoms with E-state index < -0.39 is 0 Å². The van der Waals surface area contributed by atoms with Crippen LogP contribution in [0.15, 0.2) is 40.5 Å². The van der Waals surface area contributed by atoms with Crippen molar-refractivity contribution in [3.63, 3.8) is 0 Å². The second-order valence-electron chi connectivity index (χ2n) is 3.44. The molecular formula is C11H8N4O2S. The Hall–Kier alpha value is -2.41. The molecule has 6 nitrogen and oxygen atoms in total. The molecule has 0 atom stereocenters. The largest absolute Gasteiger partial charge is 0.462 e. The Morgan fingerprint density at radius 3 is 3.11 bits per heavy atom. The van der Waals surface area contributed by atoms with Crippen LogP contribution in [0.1, 0.15) is 10.5 Å². The van der Waals surface area contributed by atoms with Crippen LogP contribution in [-0.4, -0.2) is 21.1 Å². The molecule has 3 heterocycles. The third-order valence-corrected chi connectivity index (χ3v) is 3.07. The second kappa shape index (κ2) is 4.46. The Labute approximate surface area is 106 Å². The fourth-order valence-electron chi connectivity index (χ4n) is 1.40. The first kappa shape index (κ1) is 10.7. The number of thiazole rings is 1. The van der Waals surface area contributed by atoms with E-state index in [1.54, 1.807) is 36.0 Å². The van der Waals surface area contributed by atoms with E-state index in [4.69, 9.17) is 4.42 Å². The molecule has 0 bridgehead atoms. The molecule has 0 aliphatic heterocycles. The van der Waals surface area contributed by atoms with E-state index in [0.29, 0.717) is 22.3 Å². The SMILES string of the molecule is O=C(Nc1ccn[nH]1)c1csc(-c2ccco2)n1. The fourth-order valence-corrected chi connectivity index (χ4v) is 2.17. The number of hydrogen-bond donors (Lipinski definition) is 2. The van der Waals surface area contributed by atoms with Crippen molar-refractivity contribution >= 4 is 23.1 Å². The van der Waals surface area contributed by atoms with Gasteiger partial charge >= 0.3 is 0 Å². The molecule has 18 heavy (non-hydrogen) atoms. The lowest BCUT2D eigenvalue weighted by Gasteiger charge is -1.97. The molecule has 0 unspecified atom stereocenters. The molecule has 7 heteroatoms. The molecule has 3 aromatic rings. The second-order valence-corrected chi connectivity index (χ2v) is 4.30. The Kier molecular flexibility index (Phi) is 2.66. The maximum absolute atomic E-state index is 11.8. The summed E-state index contributed by atoms with van der Waals surface area (Å²) in [6, 6.07) is 5.24. The zero-order chi connectivity index (χ0) is 12.4. The molecule has 3 rings (SSSR count). The lowest BCUT2D eigenvalue weighted by atomic mass is 10.4. The van der Waals surface area contributed by atoms with Gasteiger partial charge in [0.25, 0.3) is 5.91 Å². The zero-order valence-electron chi connectivity index (χ0n) is 9.08. The smallest absolute Gasteiger partial charge is 0.276 e. The van der Waals surface area contributed by atoms with Crippen molar-refractivity contribution in [3.05, 3.63) is 41.7 Å². The third-order valence-electron chi connectivity index (χ3n) is 2.22. The summed E-state index contributed by atoms with van der Waals surface area (Å²) in [5, 5.41) is 11.4. The van der Waals surface area contributed by atoms with E-state index in [1.807, 2.05) is 0 Å². The number of furan rings is 1. The lowest BCUT2D eigenvalue weighted by Crippen LogP contribution is -2.12. The molecule has 3 aromatic heterocycles. The highest BCUT2D eigenvalue weighted by Crippen LogP contribution is 2.24. The van der Waals surface area contributed by atoms with Gasteiger partial charge in [0, 0.05) is 11.4 Å². The van der Waals surface area contributed by atoms with Gasteiger partial charge in [-0.1, -0.05) is 0 Å². The summed E-state index contributed by atoms with van der Waals surface area (Å²) >= 11 is 1.36. The summed E-state index contributed by atoms with van der Waals surface area (Å²) in [6.45, 7) is 0. The number of rotatable bonds is 3. The Morgan fingerprint density at radius 1 is 1.44 bits per heavy atom. The van der Waals surface area contributed by atoms with Gasteiger partial charge < -0.3 is 9.73 Å². The number of anilines is 1. The topological polar surface area (TPSA) is 83.8 Å². The molecule has 0 aliphatic carbocycles. The summed E-state index contributed by atoms with van der Waals surface area (Å²) < 4.78 is 5.22. The molecular weight excluding hydrogens is 252 g/mol. The minimum Gasteiger partial charge on any atom is -0.462 e. The first-order chi connectivity index (χ1) is 8.83. The maximum atomic E-state index is 11.8. The van der Waals surface area contributed by atoms with Gasteiger partial charge in [0.1, 0.15) is 11.5 Å². The average molecular weight is 260 g/mol. The van der Waals surface area contributed by atoms with Gasteiger partial charge in [-0.2, -0.15) is 5.10 Å². The molecule has 0 radical (unpaired) electrons. The van der Waals surface area contributed by atoms with E-state index in [1.165, 1.54) is 11.3 Å². The van der Waals surface area contributed by atoms with Crippen LogP contribution in [0, 0.1) is 0 Å². The number of aromatic nitrogens is 3. The molecule has 2 N–H and O–H groups in total. The molecule has 0 aliphatic rings. The van der Waals surface area contributed by atoms with Crippen molar-refractivity contribution < 1.29 is 9.21 Å². The molecule has 0 saturated carbocycles. The van der Waals surface area contributed by atoms with Gasteiger partial charge in [0.2, 0.25) is 0 Å². The van der Waals surface area contributed by atoms with Gasteiger partial charge in [0.05, 0.1) is 12.5 Å². The molecule has 1 amide bonds. The average Bonchev–Trinajstić information content (AvgIpc) is 3.11. The Morgan fingerprint density at radius 2 is 2.39 bits per heavy atom. The maximum Gasteiger partial charge on any atom is 0.276 e. The lowest BCUT2D eigenvalue weighted by molar-refractivity contribution is 0.102. The molecule has 0 saturated heterocycles. The highest BCUT2D eigenvalue weighted by molar-refractivity contribution is 7.13. The number of amides is 1. The van der Waals surface area contributed by atoms with Gasteiger partial charge in [-0.05, 0) is 12.1 Å². The van der Waals surface area contributed by atoms with Crippen molar-refractivity contribution in [1.29, 1.82) is 0 Å². The van der Waals surface area contributed by atoms with Crippen molar-refractivity contribution in [2.45, 2.75) is 0 Å².